The van der Waals surface area contributed by atoms with Gasteiger partial charge in [-0.1, -0.05) is 5.16 Å². The summed E-state index contributed by atoms with van der Waals surface area (Å²) < 4.78 is 16.3. The predicted molar refractivity (Wildman–Crippen MR) is 81.3 cm³/mol. The van der Waals surface area contributed by atoms with Gasteiger partial charge < -0.3 is 14.0 Å². The molecule has 22 heavy (non-hydrogen) atoms. The fourth-order valence-corrected chi connectivity index (χ4v) is 1.98. The van der Waals surface area contributed by atoms with Crippen molar-refractivity contribution in [3.05, 3.63) is 22.6 Å². The van der Waals surface area contributed by atoms with Gasteiger partial charge in [-0.3, -0.25) is 4.79 Å². The van der Waals surface area contributed by atoms with Crippen molar-refractivity contribution in [2.45, 2.75) is 32.8 Å². The zero-order valence-corrected chi connectivity index (χ0v) is 14.3. The topological polar surface area (TPSA) is 87.3 Å². The molecular weight excluding hydrogens is 354 g/mol. The second-order valence-corrected chi connectivity index (χ2v) is 6.40. The number of rotatable bonds is 4. The SMILES string of the molecule is COc1cc(Br)cnc1-c1nc(CC(=O)OC(C)(C)C)no1. The van der Waals surface area contributed by atoms with E-state index in [1.807, 2.05) is 0 Å². The molecule has 0 unspecified atom stereocenters. The number of carbonyl (C=O) groups excluding carboxylic acids is 1. The molecule has 0 aromatic carbocycles. The van der Waals surface area contributed by atoms with Crippen molar-refractivity contribution in [3.8, 4) is 17.3 Å². The predicted octanol–water partition coefficient (Wildman–Crippen LogP) is 2.79. The second kappa shape index (κ2) is 6.43. The zero-order valence-electron chi connectivity index (χ0n) is 12.7. The Morgan fingerprint density at radius 3 is 2.77 bits per heavy atom. The first-order chi connectivity index (χ1) is 10.3. The highest BCUT2D eigenvalue weighted by Crippen LogP contribution is 2.28. The summed E-state index contributed by atoms with van der Waals surface area (Å²) in [6.07, 6.45) is 1.52. The molecule has 0 aliphatic heterocycles. The number of pyridine rings is 1. The van der Waals surface area contributed by atoms with Crippen molar-refractivity contribution in [2.24, 2.45) is 0 Å². The van der Waals surface area contributed by atoms with Gasteiger partial charge in [0, 0.05) is 10.7 Å². The van der Waals surface area contributed by atoms with Crippen LogP contribution >= 0.6 is 15.9 Å². The Morgan fingerprint density at radius 1 is 1.41 bits per heavy atom. The lowest BCUT2D eigenvalue weighted by atomic mass is 10.2. The number of nitrogens with zero attached hydrogens (tertiary/aromatic N) is 3. The maximum Gasteiger partial charge on any atom is 0.314 e. The summed E-state index contributed by atoms with van der Waals surface area (Å²) in [5.41, 5.74) is -0.145. The van der Waals surface area contributed by atoms with E-state index in [0.717, 1.165) is 4.47 Å². The van der Waals surface area contributed by atoms with Crippen LogP contribution in [0.15, 0.2) is 21.3 Å². The molecule has 2 rings (SSSR count). The van der Waals surface area contributed by atoms with Gasteiger partial charge in [-0.25, -0.2) is 4.98 Å². The number of esters is 1. The first-order valence-corrected chi connectivity index (χ1v) is 7.32. The maximum atomic E-state index is 11.8. The van der Waals surface area contributed by atoms with Crippen molar-refractivity contribution in [1.82, 2.24) is 15.1 Å². The molecule has 0 aliphatic carbocycles. The van der Waals surface area contributed by atoms with Crippen LogP contribution in [0.3, 0.4) is 0 Å². The molecule has 2 aromatic rings. The third-order valence-corrected chi connectivity index (χ3v) is 2.87. The molecule has 0 radical (unpaired) electrons. The standard InChI is InChI=1S/C14H16BrN3O4/c1-14(2,3)21-11(19)6-10-17-13(22-18-10)12-9(20-4)5-8(15)7-16-12/h5,7H,6H2,1-4H3. The molecule has 0 N–H and O–H groups in total. The van der Waals surface area contributed by atoms with Crippen LogP contribution in [0.4, 0.5) is 0 Å². The van der Waals surface area contributed by atoms with Crippen LogP contribution in [-0.4, -0.2) is 33.8 Å². The Balaban J connectivity index is 2.17. The highest BCUT2D eigenvalue weighted by atomic mass is 79.9. The van der Waals surface area contributed by atoms with E-state index in [0.29, 0.717) is 11.4 Å². The van der Waals surface area contributed by atoms with E-state index in [1.54, 1.807) is 33.0 Å². The number of carbonyl (C=O) groups is 1. The maximum absolute atomic E-state index is 11.8. The van der Waals surface area contributed by atoms with E-state index in [4.69, 9.17) is 14.0 Å². The van der Waals surface area contributed by atoms with Gasteiger partial charge in [-0.15, -0.1) is 0 Å². The van der Waals surface area contributed by atoms with Gasteiger partial charge in [0.15, 0.2) is 17.3 Å². The van der Waals surface area contributed by atoms with E-state index in [2.05, 4.69) is 31.1 Å². The van der Waals surface area contributed by atoms with Crippen LogP contribution < -0.4 is 4.74 Å². The lowest BCUT2D eigenvalue weighted by molar-refractivity contribution is -0.154. The normalized spacial score (nSPS) is 11.3. The van der Waals surface area contributed by atoms with E-state index in [9.17, 15) is 4.79 Å². The summed E-state index contributed by atoms with van der Waals surface area (Å²) in [4.78, 5) is 20.1. The van der Waals surface area contributed by atoms with E-state index in [1.165, 1.54) is 7.11 Å². The summed E-state index contributed by atoms with van der Waals surface area (Å²) >= 11 is 3.31. The number of ether oxygens (including phenoxy) is 2. The quantitative estimate of drug-likeness (QED) is 0.765. The molecule has 0 spiro atoms. The van der Waals surface area contributed by atoms with Gasteiger partial charge in [-0.2, -0.15) is 4.98 Å². The zero-order chi connectivity index (χ0) is 16.3. The summed E-state index contributed by atoms with van der Waals surface area (Å²) in [6.45, 7) is 5.38. The van der Waals surface area contributed by atoms with Gasteiger partial charge in [0.1, 0.15) is 12.0 Å². The molecule has 2 heterocycles. The Kier molecular flexibility index (Phi) is 4.80. The van der Waals surface area contributed by atoms with Gasteiger partial charge in [0.05, 0.1) is 7.11 Å². The Labute approximate surface area is 136 Å². The molecule has 8 heteroatoms. The van der Waals surface area contributed by atoms with Crippen LogP contribution in [0.2, 0.25) is 0 Å². The summed E-state index contributed by atoms with van der Waals surface area (Å²) in [5, 5.41) is 3.77. The van der Waals surface area contributed by atoms with Crippen molar-refractivity contribution < 1.29 is 18.8 Å². The van der Waals surface area contributed by atoms with Crippen LogP contribution in [0, 0.1) is 0 Å². The molecule has 0 saturated heterocycles. The molecule has 0 bridgehead atoms. The highest BCUT2D eigenvalue weighted by Gasteiger charge is 2.21. The molecule has 2 aromatic heterocycles. The lowest BCUT2D eigenvalue weighted by Crippen LogP contribution is -2.25. The van der Waals surface area contributed by atoms with Crippen molar-refractivity contribution >= 4 is 21.9 Å². The first-order valence-electron chi connectivity index (χ1n) is 6.53. The summed E-state index contributed by atoms with van der Waals surface area (Å²) in [5.74, 6) is 0.483. The molecule has 0 amide bonds. The smallest absolute Gasteiger partial charge is 0.314 e. The van der Waals surface area contributed by atoms with Crippen LogP contribution in [0.5, 0.6) is 5.75 Å². The lowest BCUT2D eigenvalue weighted by Gasteiger charge is -2.18. The Hall–Kier alpha value is -1.96. The number of halogens is 1. The van der Waals surface area contributed by atoms with Crippen molar-refractivity contribution in [1.29, 1.82) is 0 Å². The fourth-order valence-electron chi connectivity index (χ4n) is 1.67. The van der Waals surface area contributed by atoms with Crippen molar-refractivity contribution in [2.75, 3.05) is 7.11 Å². The second-order valence-electron chi connectivity index (χ2n) is 5.48. The number of aromatic nitrogens is 3. The molecular formula is C14H16BrN3O4. The average Bonchev–Trinajstić information content (AvgIpc) is 2.84. The third kappa shape index (κ3) is 4.27. The molecule has 0 saturated carbocycles. The molecule has 0 fully saturated rings. The Bertz CT molecular complexity index is 679. The highest BCUT2D eigenvalue weighted by molar-refractivity contribution is 9.10. The van der Waals surface area contributed by atoms with Gasteiger partial charge in [0.2, 0.25) is 0 Å². The van der Waals surface area contributed by atoms with Gasteiger partial charge in [-0.05, 0) is 42.8 Å². The molecule has 0 atom stereocenters. The summed E-state index contributed by atoms with van der Waals surface area (Å²) in [6, 6.07) is 1.74. The first kappa shape index (κ1) is 16.4. The van der Waals surface area contributed by atoms with E-state index in [-0.39, 0.29) is 18.1 Å². The monoisotopic (exact) mass is 369 g/mol. The van der Waals surface area contributed by atoms with Crippen LogP contribution in [-0.2, 0) is 16.0 Å². The number of hydrogen-bond acceptors (Lipinski definition) is 7. The van der Waals surface area contributed by atoms with Crippen molar-refractivity contribution in [3.63, 3.8) is 0 Å². The molecule has 0 aliphatic rings. The van der Waals surface area contributed by atoms with Gasteiger partial charge in [0.25, 0.3) is 5.89 Å². The molecule has 7 nitrogen and oxygen atoms in total. The third-order valence-electron chi connectivity index (χ3n) is 2.43. The minimum atomic E-state index is -0.555. The number of methoxy groups -OCH3 is 1. The Morgan fingerprint density at radius 2 is 2.14 bits per heavy atom. The fraction of sp³-hybridized carbons (Fsp3) is 0.429. The average molecular weight is 370 g/mol. The van der Waals surface area contributed by atoms with Crippen LogP contribution in [0.25, 0.3) is 11.6 Å². The number of hydrogen-bond donors (Lipinski definition) is 0. The van der Waals surface area contributed by atoms with Crippen LogP contribution in [0.1, 0.15) is 26.6 Å². The molecule has 118 valence electrons. The summed E-state index contributed by atoms with van der Waals surface area (Å²) in [7, 11) is 1.52. The van der Waals surface area contributed by atoms with E-state index < -0.39 is 11.6 Å². The minimum Gasteiger partial charge on any atom is -0.494 e. The van der Waals surface area contributed by atoms with E-state index >= 15 is 0 Å². The largest absolute Gasteiger partial charge is 0.494 e. The van der Waals surface area contributed by atoms with Gasteiger partial charge >= 0.3 is 5.97 Å². The minimum absolute atomic E-state index is 0.0698.